The Labute approximate surface area is 127 Å². The standard InChI is InChI=1S/C16H28N4O/c1-4-17-14-11-15(20-16(19-14)13-7-8-13)18-9-5-6-10-21-12(2)3/h11-13H,4-10H2,1-3H3,(H2,17,18,19,20). The number of unbranched alkanes of at least 4 members (excludes halogenated alkanes) is 1. The Kier molecular flexibility index (Phi) is 6.23. The summed E-state index contributed by atoms with van der Waals surface area (Å²) >= 11 is 0. The van der Waals surface area contributed by atoms with E-state index < -0.39 is 0 Å². The van der Waals surface area contributed by atoms with Crippen LogP contribution in [-0.4, -0.2) is 35.8 Å². The van der Waals surface area contributed by atoms with Crippen LogP contribution in [0.5, 0.6) is 0 Å². The number of aromatic nitrogens is 2. The summed E-state index contributed by atoms with van der Waals surface area (Å²) in [7, 11) is 0. The predicted molar refractivity (Wildman–Crippen MR) is 87.0 cm³/mol. The van der Waals surface area contributed by atoms with Crippen molar-refractivity contribution in [1.29, 1.82) is 0 Å². The van der Waals surface area contributed by atoms with E-state index in [1.807, 2.05) is 6.07 Å². The molecular formula is C16H28N4O. The molecular weight excluding hydrogens is 264 g/mol. The first-order chi connectivity index (χ1) is 10.2. The summed E-state index contributed by atoms with van der Waals surface area (Å²) in [5, 5.41) is 6.69. The van der Waals surface area contributed by atoms with Gasteiger partial charge < -0.3 is 15.4 Å². The van der Waals surface area contributed by atoms with Crippen molar-refractivity contribution < 1.29 is 4.74 Å². The van der Waals surface area contributed by atoms with Crippen LogP contribution in [0.1, 0.15) is 58.2 Å². The first kappa shape index (κ1) is 16.0. The van der Waals surface area contributed by atoms with Crippen molar-refractivity contribution in [2.75, 3.05) is 30.3 Å². The maximum absolute atomic E-state index is 5.54. The minimum atomic E-state index is 0.323. The molecule has 5 nitrogen and oxygen atoms in total. The summed E-state index contributed by atoms with van der Waals surface area (Å²) in [5.74, 6) is 3.43. The van der Waals surface area contributed by atoms with E-state index in [1.165, 1.54) is 12.8 Å². The van der Waals surface area contributed by atoms with Gasteiger partial charge in [0.15, 0.2) is 0 Å². The largest absolute Gasteiger partial charge is 0.379 e. The van der Waals surface area contributed by atoms with Crippen molar-refractivity contribution >= 4 is 11.6 Å². The molecule has 0 spiro atoms. The van der Waals surface area contributed by atoms with E-state index in [-0.39, 0.29) is 0 Å². The Morgan fingerprint density at radius 3 is 2.52 bits per heavy atom. The zero-order valence-corrected chi connectivity index (χ0v) is 13.5. The van der Waals surface area contributed by atoms with Gasteiger partial charge in [0.1, 0.15) is 17.5 Å². The second-order valence-electron chi connectivity index (χ2n) is 5.85. The molecule has 1 fully saturated rings. The van der Waals surface area contributed by atoms with E-state index in [0.29, 0.717) is 12.0 Å². The van der Waals surface area contributed by atoms with Crippen molar-refractivity contribution in [3.05, 3.63) is 11.9 Å². The number of anilines is 2. The van der Waals surface area contributed by atoms with Gasteiger partial charge >= 0.3 is 0 Å². The lowest BCUT2D eigenvalue weighted by molar-refractivity contribution is 0.0765. The van der Waals surface area contributed by atoms with Gasteiger partial charge in [-0.05, 0) is 46.5 Å². The molecule has 1 aliphatic rings. The zero-order chi connectivity index (χ0) is 15.1. The third-order valence-electron chi connectivity index (χ3n) is 3.37. The molecule has 2 N–H and O–H groups in total. The molecule has 0 saturated heterocycles. The SMILES string of the molecule is CCNc1cc(NCCCCOC(C)C)nc(C2CC2)n1. The number of nitrogens with one attached hydrogen (secondary N) is 2. The Morgan fingerprint density at radius 1 is 1.19 bits per heavy atom. The first-order valence-corrected chi connectivity index (χ1v) is 8.17. The fourth-order valence-electron chi connectivity index (χ4n) is 2.11. The highest BCUT2D eigenvalue weighted by atomic mass is 16.5. The van der Waals surface area contributed by atoms with E-state index in [2.05, 4.69) is 41.4 Å². The van der Waals surface area contributed by atoms with Crippen molar-refractivity contribution in [2.45, 2.75) is 58.5 Å². The summed E-state index contributed by atoms with van der Waals surface area (Å²) in [5.41, 5.74) is 0. The Bertz CT molecular complexity index is 432. The number of nitrogens with zero attached hydrogens (tertiary/aromatic N) is 2. The fourth-order valence-corrected chi connectivity index (χ4v) is 2.11. The molecule has 2 rings (SSSR count). The van der Waals surface area contributed by atoms with Gasteiger partial charge in [0, 0.05) is 31.7 Å². The van der Waals surface area contributed by atoms with Gasteiger partial charge in [-0.3, -0.25) is 0 Å². The van der Waals surface area contributed by atoms with Crippen LogP contribution in [0.15, 0.2) is 6.07 Å². The molecule has 118 valence electrons. The summed E-state index contributed by atoms with van der Waals surface area (Å²) in [6.45, 7) is 8.86. The number of rotatable bonds is 10. The second-order valence-corrected chi connectivity index (χ2v) is 5.85. The van der Waals surface area contributed by atoms with Gasteiger partial charge in [-0.2, -0.15) is 0 Å². The molecule has 1 aliphatic carbocycles. The lowest BCUT2D eigenvalue weighted by Gasteiger charge is -2.11. The second kappa shape index (κ2) is 8.17. The van der Waals surface area contributed by atoms with Gasteiger partial charge in [-0.25, -0.2) is 9.97 Å². The molecule has 21 heavy (non-hydrogen) atoms. The smallest absolute Gasteiger partial charge is 0.136 e. The monoisotopic (exact) mass is 292 g/mol. The Hall–Kier alpha value is -1.36. The van der Waals surface area contributed by atoms with Crippen LogP contribution in [0.3, 0.4) is 0 Å². The topological polar surface area (TPSA) is 59.1 Å². The minimum Gasteiger partial charge on any atom is -0.379 e. The Morgan fingerprint density at radius 2 is 1.90 bits per heavy atom. The lowest BCUT2D eigenvalue weighted by atomic mass is 10.3. The van der Waals surface area contributed by atoms with Crippen LogP contribution < -0.4 is 10.6 Å². The quantitative estimate of drug-likeness (QED) is 0.647. The third-order valence-corrected chi connectivity index (χ3v) is 3.37. The molecule has 1 aromatic heterocycles. The third kappa shape index (κ3) is 5.87. The molecule has 0 radical (unpaired) electrons. The maximum atomic E-state index is 5.54. The highest BCUT2D eigenvalue weighted by molar-refractivity contribution is 5.48. The van der Waals surface area contributed by atoms with Crippen LogP contribution in [0.2, 0.25) is 0 Å². The molecule has 0 amide bonds. The first-order valence-electron chi connectivity index (χ1n) is 8.17. The maximum Gasteiger partial charge on any atom is 0.136 e. The van der Waals surface area contributed by atoms with Crippen molar-refractivity contribution in [2.24, 2.45) is 0 Å². The van der Waals surface area contributed by atoms with E-state index >= 15 is 0 Å². The molecule has 1 saturated carbocycles. The molecule has 0 unspecified atom stereocenters. The normalized spacial score (nSPS) is 14.5. The highest BCUT2D eigenvalue weighted by Gasteiger charge is 2.27. The van der Waals surface area contributed by atoms with Crippen LogP contribution in [0.4, 0.5) is 11.6 Å². The van der Waals surface area contributed by atoms with Crippen LogP contribution >= 0.6 is 0 Å². The molecule has 0 aromatic carbocycles. The zero-order valence-electron chi connectivity index (χ0n) is 13.5. The summed E-state index contributed by atoms with van der Waals surface area (Å²) in [6, 6.07) is 2.00. The minimum absolute atomic E-state index is 0.323. The van der Waals surface area contributed by atoms with Crippen LogP contribution in [-0.2, 0) is 4.74 Å². The lowest BCUT2D eigenvalue weighted by Crippen LogP contribution is -2.10. The van der Waals surface area contributed by atoms with E-state index in [0.717, 1.165) is 50.0 Å². The number of hydrogen-bond donors (Lipinski definition) is 2. The van der Waals surface area contributed by atoms with Crippen LogP contribution in [0, 0.1) is 0 Å². The van der Waals surface area contributed by atoms with Gasteiger partial charge in [0.05, 0.1) is 6.10 Å². The summed E-state index contributed by atoms with van der Waals surface area (Å²) < 4.78 is 5.54. The molecule has 0 aliphatic heterocycles. The highest BCUT2D eigenvalue weighted by Crippen LogP contribution is 2.38. The van der Waals surface area contributed by atoms with Gasteiger partial charge in [-0.1, -0.05) is 0 Å². The Balaban J connectivity index is 1.78. The van der Waals surface area contributed by atoms with Gasteiger partial charge in [-0.15, -0.1) is 0 Å². The number of hydrogen-bond acceptors (Lipinski definition) is 5. The average Bonchev–Trinajstić information content (AvgIpc) is 3.27. The van der Waals surface area contributed by atoms with Crippen molar-refractivity contribution in [3.8, 4) is 0 Å². The van der Waals surface area contributed by atoms with Crippen molar-refractivity contribution in [1.82, 2.24) is 9.97 Å². The average molecular weight is 292 g/mol. The molecule has 5 heteroatoms. The van der Waals surface area contributed by atoms with Crippen LogP contribution in [0.25, 0.3) is 0 Å². The van der Waals surface area contributed by atoms with E-state index in [1.54, 1.807) is 0 Å². The van der Waals surface area contributed by atoms with Gasteiger partial charge in [0.2, 0.25) is 0 Å². The summed E-state index contributed by atoms with van der Waals surface area (Å²) in [6.07, 6.45) is 4.93. The fraction of sp³-hybridized carbons (Fsp3) is 0.750. The molecule has 1 heterocycles. The predicted octanol–water partition coefficient (Wildman–Crippen LogP) is 3.40. The van der Waals surface area contributed by atoms with Crippen molar-refractivity contribution in [3.63, 3.8) is 0 Å². The molecule has 1 aromatic rings. The number of ether oxygens (including phenoxy) is 1. The van der Waals surface area contributed by atoms with Gasteiger partial charge in [0.25, 0.3) is 0 Å². The summed E-state index contributed by atoms with van der Waals surface area (Å²) in [4.78, 5) is 9.21. The van der Waals surface area contributed by atoms with E-state index in [9.17, 15) is 0 Å². The molecule has 0 atom stereocenters. The van der Waals surface area contributed by atoms with E-state index in [4.69, 9.17) is 4.74 Å². The molecule has 0 bridgehead atoms.